The minimum atomic E-state index is -0.696. The highest BCUT2D eigenvalue weighted by Crippen LogP contribution is 2.15. The van der Waals surface area contributed by atoms with Gasteiger partial charge in [-0.25, -0.2) is 0 Å². The van der Waals surface area contributed by atoms with Gasteiger partial charge >= 0.3 is 5.97 Å². The highest BCUT2D eigenvalue weighted by atomic mass is 16.5. The molecular formula is C50H93NO5. The molecule has 0 saturated carbocycles. The molecule has 0 aliphatic carbocycles. The van der Waals surface area contributed by atoms with Crippen molar-refractivity contribution >= 4 is 11.9 Å². The third-order valence-electron chi connectivity index (χ3n) is 10.9. The van der Waals surface area contributed by atoms with E-state index in [2.05, 4.69) is 55.6 Å². The van der Waals surface area contributed by atoms with Crippen LogP contribution in [0.3, 0.4) is 0 Å². The summed E-state index contributed by atoms with van der Waals surface area (Å²) in [7, 11) is 0. The Balaban J connectivity index is 3.57. The maximum Gasteiger partial charge on any atom is 0.305 e. The molecule has 2 atom stereocenters. The molecule has 0 aliphatic rings. The molecule has 0 saturated heterocycles. The molecule has 6 heteroatoms. The molecule has 0 aromatic carbocycles. The van der Waals surface area contributed by atoms with E-state index in [0.717, 1.165) is 83.5 Å². The lowest BCUT2D eigenvalue weighted by Gasteiger charge is -2.22. The minimum Gasteiger partial charge on any atom is -0.466 e. The topological polar surface area (TPSA) is 95.9 Å². The van der Waals surface area contributed by atoms with E-state index in [0.29, 0.717) is 25.9 Å². The predicted molar refractivity (Wildman–Crippen MR) is 241 cm³/mol. The molecule has 0 rings (SSSR count). The largest absolute Gasteiger partial charge is 0.466 e. The fraction of sp³-hybridized carbons (Fsp3) is 0.840. The van der Waals surface area contributed by atoms with E-state index >= 15 is 0 Å². The first-order valence-electron chi connectivity index (χ1n) is 24.2. The highest BCUT2D eigenvalue weighted by molar-refractivity contribution is 5.76. The number of esters is 1. The fourth-order valence-corrected chi connectivity index (χ4v) is 7.14. The number of carbonyl (C=O) groups excluding carboxylic acids is 2. The standard InChI is InChI=1S/C50H93NO5/c1-3-5-7-9-11-13-15-17-19-20-22-24-28-32-36-40-44-50(55)56-45-41-37-33-29-25-27-31-35-39-43-49(54)51-47(46-52)48(53)42-38-34-30-26-23-21-18-16-14-12-10-8-6-4-2/h13,15,19-20,27,31,47-48,52-53H,3-12,14,16-18,21-26,28-30,32-46H2,1-2H3,(H,51,54)/b15-13-,20-19-,31-27-. The van der Waals surface area contributed by atoms with Gasteiger partial charge in [0.25, 0.3) is 0 Å². The Kier molecular flexibility index (Phi) is 44.2. The molecule has 6 nitrogen and oxygen atoms in total. The third kappa shape index (κ3) is 41.7. The molecular weight excluding hydrogens is 695 g/mol. The third-order valence-corrected chi connectivity index (χ3v) is 10.9. The Morgan fingerprint density at radius 1 is 0.500 bits per heavy atom. The van der Waals surface area contributed by atoms with Gasteiger partial charge in [-0.3, -0.25) is 9.59 Å². The first-order valence-corrected chi connectivity index (χ1v) is 24.2. The zero-order valence-electron chi connectivity index (χ0n) is 37.1. The monoisotopic (exact) mass is 788 g/mol. The van der Waals surface area contributed by atoms with Crippen LogP contribution in [0.15, 0.2) is 36.5 Å². The summed E-state index contributed by atoms with van der Waals surface area (Å²) in [4.78, 5) is 24.4. The molecule has 0 spiro atoms. The quantitative estimate of drug-likeness (QED) is 0.0325. The maximum absolute atomic E-state index is 12.4. The lowest BCUT2D eigenvalue weighted by Crippen LogP contribution is -2.45. The average molecular weight is 788 g/mol. The number of allylic oxidation sites excluding steroid dienone is 6. The molecule has 0 radical (unpaired) electrons. The van der Waals surface area contributed by atoms with Gasteiger partial charge in [0, 0.05) is 12.8 Å². The number of aliphatic hydroxyl groups excluding tert-OH is 2. The number of ether oxygens (including phenoxy) is 1. The summed E-state index contributed by atoms with van der Waals surface area (Å²) < 4.78 is 5.43. The summed E-state index contributed by atoms with van der Waals surface area (Å²) in [5.41, 5.74) is 0. The van der Waals surface area contributed by atoms with Gasteiger partial charge in [0.15, 0.2) is 0 Å². The second-order valence-corrected chi connectivity index (χ2v) is 16.4. The number of carbonyl (C=O) groups is 2. The summed E-state index contributed by atoms with van der Waals surface area (Å²) in [5.74, 6) is -0.148. The summed E-state index contributed by atoms with van der Waals surface area (Å²) in [6, 6.07) is -0.580. The van der Waals surface area contributed by atoms with Gasteiger partial charge in [0.2, 0.25) is 5.91 Å². The summed E-state index contributed by atoms with van der Waals surface area (Å²) in [5, 5.41) is 23.1. The molecule has 328 valence electrons. The van der Waals surface area contributed by atoms with Crippen LogP contribution >= 0.6 is 0 Å². The number of nitrogens with one attached hydrogen (secondary N) is 1. The van der Waals surface area contributed by atoms with Crippen LogP contribution in [0.4, 0.5) is 0 Å². The minimum absolute atomic E-state index is 0.0498. The van der Waals surface area contributed by atoms with E-state index in [9.17, 15) is 19.8 Å². The van der Waals surface area contributed by atoms with E-state index in [-0.39, 0.29) is 18.5 Å². The fourth-order valence-electron chi connectivity index (χ4n) is 7.14. The van der Waals surface area contributed by atoms with Crippen molar-refractivity contribution in [1.82, 2.24) is 5.32 Å². The van der Waals surface area contributed by atoms with Gasteiger partial charge in [-0.15, -0.1) is 0 Å². The van der Waals surface area contributed by atoms with E-state index < -0.39 is 12.1 Å². The predicted octanol–water partition coefficient (Wildman–Crippen LogP) is 14.1. The van der Waals surface area contributed by atoms with Crippen LogP contribution in [0, 0.1) is 0 Å². The van der Waals surface area contributed by atoms with Crippen molar-refractivity contribution in [2.45, 2.75) is 257 Å². The van der Waals surface area contributed by atoms with Crippen LogP contribution < -0.4 is 5.32 Å². The summed E-state index contributed by atoms with van der Waals surface area (Å²) >= 11 is 0. The molecule has 56 heavy (non-hydrogen) atoms. The highest BCUT2D eigenvalue weighted by Gasteiger charge is 2.19. The molecule has 1 amide bonds. The Morgan fingerprint density at radius 3 is 1.43 bits per heavy atom. The van der Waals surface area contributed by atoms with Gasteiger partial charge in [0.05, 0.1) is 25.4 Å². The number of hydrogen-bond acceptors (Lipinski definition) is 5. The van der Waals surface area contributed by atoms with Crippen molar-refractivity contribution in [2.75, 3.05) is 13.2 Å². The Hall–Kier alpha value is -1.92. The van der Waals surface area contributed by atoms with Crippen LogP contribution in [0.2, 0.25) is 0 Å². The second kappa shape index (κ2) is 45.8. The first kappa shape index (κ1) is 54.1. The van der Waals surface area contributed by atoms with E-state index in [4.69, 9.17) is 4.74 Å². The van der Waals surface area contributed by atoms with Crippen molar-refractivity contribution in [2.24, 2.45) is 0 Å². The first-order chi connectivity index (χ1) is 27.5. The zero-order chi connectivity index (χ0) is 40.8. The van der Waals surface area contributed by atoms with Gasteiger partial charge in [-0.05, 0) is 77.0 Å². The van der Waals surface area contributed by atoms with Crippen LogP contribution in [-0.4, -0.2) is 47.4 Å². The zero-order valence-corrected chi connectivity index (χ0v) is 37.1. The number of rotatable bonds is 44. The lowest BCUT2D eigenvalue weighted by molar-refractivity contribution is -0.143. The molecule has 0 heterocycles. The second-order valence-electron chi connectivity index (χ2n) is 16.4. The Labute approximate surface area is 347 Å². The molecule has 0 bridgehead atoms. The van der Waals surface area contributed by atoms with Crippen molar-refractivity contribution in [3.8, 4) is 0 Å². The normalized spacial score (nSPS) is 13.0. The van der Waals surface area contributed by atoms with Gasteiger partial charge in [-0.1, -0.05) is 192 Å². The van der Waals surface area contributed by atoms with Crippen molar-refractivity contribution in [3.05, 3.63) is 36.5 Å². The van der Waals surface area contributed by atoms with Gasteiger partial charge in [-0.2, -0.15) is 0 Å². The lowest BCUT2D eigenvalue weighted by atomic mass is 10.0. The van der Waals surface area contributed by atoms with Crippen LogP contribution in [0.1, 0.15) is 245 Å². The van der Waals surface area contributed by atoms with Gasteiger partial charge < -0.3 is 20.3 Å². The van der Waals surface area contributed by atoms with Crippen LogP contribution in [0.25, 0.3) is 0 Å². The Morgan fingerprint density at radius 2 is 0.911 bits per heavy atom. The van der Waals surface area contributed by atoms with Crippen molar-refractivity contribution < 1.29 is 24.5 Å². The molecule has 0 fully saturated rings. The molecule has 0 aromatic rings. The SMILES string of the molecule is CCCCCC/C=C\C/C=C\CCCCCCCC(=O)OCCCCCC/C=C\CCCC(=O)NC(CO)C(O)CCCCCCCCCCCCCCCC. The number of unbranched alkanes of at least 4 members (excludes halogenated alkanes) is 27. The molecule has 0 aromatic heterocycles. The number of aliphatic hydroxyl groups is 2. The molecule has 0 aliphatic heterocycles. The van der Waals surface area contributed by atoms with Crippen LogP contribution in [-0.2, 0) is 14.3 Å². The van der Waals surface area contributed by atoms with Gasteiger partial charge in [0.1, 0.15) is 0 Å². The van der Waals surface area contributed by atoms with Crippen LogP contribution in [0.5, 0.6) is 0 Å². The number of amides is 1. The van der Waals surface area contributed by atoms with Crippen molar-refractivity contribution in [1.29, 1.82) is 0 Å². The van der Waals surface area contributed by atoms with E-state index in [1.807, 2.05) is 0 Å². The molecule has 3 N–H and O–H groups in total. The van der Waals surface area contributed by atoms with Crippen molar-refractivity contribution in [3.63, 3.8) is 0 Å². The summed E-state index contributed by atoms with van der Waals surface area (Å²) in [6.07, 6.45) is 53.9. The smallest absolute Gasteiger partial charge is 0.305 e. The Bertz CT molecular complexity index is 915. The number of hydrogen-bond donors (Lipinski definition) is 3. The maximum atomic E-state index is 12.4. The summed E-state index contributed by atoms with van der Waals surface area (Å²) in [6.45, 7) is 4.82. The average Bonchev–Trinajstić information content (AvgIpc) is 3.20. The molecule has 2 unspecified atom stereocenters. The van der Waals surface area contributed by atoms with E-state index in [1.165, 1.54) is 128 Å². The van der Waals surface area contributed by atoms with E-state index in [1.54, 1.807) is 0 Å².